The van der Waals surface area contributed by atoms with Crippen LogP contribution in [0.5, 0.6) is 23.0 Å². The molecule has 4 aliphatic rings. The summed E-state index contributed by atoms with van der Waals surface area (Å²) in [5.41, 5.74) is 0.693. The van der Waals surface area contributed by atoms with Crippen molar-refractivity contribution in [3.8, 4) is 23.0 Å². The number of benzene rings is 2. The van der Waals surface area contributed by atoms with Crippen LogP contribution in [0.1, 0.15) is 18.1 Å². The molecule has 4 fully saturated rings. The molecule has 358 valence electrons. The molecule has 2 aromatic carbocycles. The number of carbonyl (C=O) groups excluding carboxylic acids is 1. The van der Waals surface area contributed by atoms with Crippen molar-refractivity contribution >= 4 is 12.0 Å². The van der Waals surface area contributed by atoms with E-state index in [0.29, 0.717) is 5.56 Å². The first-order valence-electron chi connectivity index (χ1n) is 20.2. The highest BCUT2D eigenvalue weighted by Gasteiger charge is 2.55. The normalized spacial score (nSPS) is 39.5. The smallest absolute Gasteiger partial charge is 0.331 e. The summed E-state index contributed by atoms with van der Waals surface area (Å²) >= 11 is 0. The zero-order valence-electron chi connectivity index (χ0n) is 34.0. The lowest BCUT2D eigenvalue weighted by Gasteiger charge is -2.48. The molecule has 0 spiro atoms. The van der Waals surface area contributed by atoms with Gasteiger partial charge in [0.2, 0.25) is 0 Å². The first kappa shape index (κ1) is 49.6. The van der Waals surface area contributed by atoms with Gasteiger partial charge in [-0.2, -0.15) is 0 Å². The fourth-order valence-corrected chi connectivity index (χ4v) is 7.32. The second-order valence-electron chi connectivity index (χ2n) is 15.6. The molecule has 2 aromatic rings. The lowest BCUT2D eigenvalue weighted by atomic mass is 9.96. The number of phenolic OH excluding ortho intramolecular Hbond substituents is 4. The van der Waals surface area contributed by atoms with Crippen molar-refractivity contribution in [3.05, 3.63) is 53.6 Å². The van der Waals surface area contributed by atoms with E-state index in [-0.39, 0.29) is 24.3 Å². The second-order valence-corrected chi connectivity index (χ2v) is 15.6. The Morgan fingerprint density at radius 3 is 1.97 bits per heavy atom. The molecule has 24 heteroatoms. The van der Waals surface area contributed by atoms with Gasteiger partial charge in [0.15, 0.2) is 54.3 Å². The molecule has 4 heterocycles. The third-order valence-corrected chi connectivity index (χ3v) is 11.1. The van der Waals surface area contributed by atoms with E-state index < -0.39 is 160 Å². The highest BCUT2D eigenvalue weighted by atomic mass is 16.8. The predicted molar refractivity (Wildman–Crippen MR) is 206 cm³/mol. The minimum Gasteiger partial charge on any atom is -0.504 e. The van der Waals surface area contributed by atoms with E-state index in [4.69, 9.17) is 42.6 Å². The highest BCUT2D eigenvalue weighted by Crippen LogP contribution is 2.35. The maximum atomic E-state index is 13.6. The van der Waals surface area contributed by atoms with E-state index in [1.807, 2.05) is 0 Å². The molecular weight excluding hydrogens is 864 g/mol. The van der Waals surface area contributed by atoms with E-state index in [2.05, 4.69) is 0 Å². The number of aliphatic hydroxyl groups is 10. The topological polar surface area (TPSA) is 383 Å². The van der Waals surface area contributed by atoms with Gasteiger partial charge < -0.3 is 114 Å². The Kier molecular flexibility index (Phi) is 16.7. The van der Waals surface area contributed by atoms with Crippen molar-refractivity contribution in [2.75, 3.05) is 26.4 Å². The predicted octanol–water partition coefficient (Wildman–Crippen LogP) is -4.73. The van der Waals surface area contributed by atoms with Crippen LogP contribution >= 0.6 is 0 Å². The molecule has 0 radical (unpaired) electrons. The molecule has 14 N–H and O–H groups in total. The molecule has 0 unspecified atom stereocenters. The van der Waals surface area contributed by atoms with E-state index in [9.17, 15) is 76.3 Å². The highest BCUT2D eigenvalue weighted by molar-refractivity contribution is 5.87. The number of hydrogen-bond acceptors (Lipinski definition) is 24. The lowest BCUT2D eigenvalue weighted by molar-refractivity contribution is -0.383. The molecule has 4 saturated heterocycles. The monoisotopic (exact) mass is 918 g/mol. The molecule has 0 saturated carbocycles. The van der Waals surface area contributed by atoms with E-state index >= 15 is 0 Å². The Morgan fingerprint density at radius 1 is 0.641 bits per heavy atom. The van der Waals surface area contributed by atoms with Crippen molar-refractivity contribution in [1.29, 1.82) is 0 Å². The van der Waals surface area contributed by atoms with Crippen LogP contribution in [-0.2, 0) is 53.8 Å². The first-order chi connectivity index (χ1) is 30.4. The van der Waals surface area contributed by atoms with Gasteiger partial charge in [0.25, 0.3) is 0 Å². The molecule has 6 rings (SSSR count). The van der Waals surface area contributed by atoms with E-state index in [1.54, 1.807) is 0 Å². The molecule has 19 atom stereocenters. The Hall–Kier alpha value is -3.87. The number of aliphatic hydroxyl groups excluding tert-OH is 10. The largest absolute Gasteiger partial charge is 0.504 e. The maximum Gasteiger partial charge on any atom is 0.331 e. The summed E-state index contributed by atoms with van der Waals surface area (Å²) in [4.78, 5) is 13.6. The second kappa shape index (κ2) is 21.6. The number of esters is 1. The van der Waals surface area contributed by atoms with E-state index in [1.165, 1.54) is 37.3 Å². The number of hydrogen-bond donors (Lipinski definition) is 14. The van der Waals surface area contributed by atoms with Gasteiger partial charge >= 0.3 is 5.97 Å². The minimum absolute atomic E-state index is 0.0571. The third kappa shape index (κ3) is 11.4. The van der Waals surface area contributed by atoms with Crippen molar-refractivity contribution < 1.29 is 119 Å². The number of phenols is 4. The van der Waals surface area contributed by atoms with Gasteiger partial charge in [-0.05, 0) is 54.8 Å². The molecule has 24 nitrogen and oxygen atoms in total. The van der Waals surface area contributed by atoms with Gasteiger partial charge in [0, 0.05) is 6.08 Å². The quantitative estimate of drug-likeness (QED) is 0.0453. The molecule has 4 aliphatic heterocycles. The standard InChI is InChI=1S/C40H54O24/c1-15-26(48)30(52)36(64-38-31(53)27(49)22(46)13-57-38)40(59-15)63-35-33(55)39(56-9-8-17-3-6-19(43)21(45)11-17)61-24(14-58-37-32(54)29(51)28(50)23(12-41)60-37)34(35)62-25(47)7-4-16-2-5-18(42)20(44)10-16/h2-7,10-11,15,22-24,26-46,48-55H,8-9,12-14H2,1H3/b7-4+/t15-,22-,23+,24+,26-,27-,28+,29-,30+,31+,32+,33+,34+,35+,36+,37+,38-,39+,40-/m0/s1. The Labute approximate surface area is 363 Å². The molecule has 0 aliphatic carbocycles. The molecule has 64 heavy (non-hydrogen) atoms. The Bertz CT molecular complexity index is 1870. The van der Waals surface area contributed by atoms with Crippen LogP contribution in [-0.4, -0.2) is 221 Å². The number of ether oxygens (including phenoxy) is 9. The van der Waals surface area contributed by atoms with Gasteiger partial charge in [0.1, 0.15) is 79.4 Å². The van der Waals surface area contributed by atoms with Crippen LogP contribution in [0.3, 0.4) is 0 Å². The summed E-state index contributed by atoms with van der Waals surface area (Å²) in [5.74, 6) is -2.89. The number of rotatable bonds is 15. The molecule has 0 bridgehead atoms. The van der Waals surface area contributed by atoms with Crippen molar-refractivity contribution in [2.24, 2.45) is 0 Å². The van der Waals surface area contributed by atoms with Crippen molar-refractivity contribution in [1.82, 2.24) is 0 Å². The number of aromatic hydroxyl groups is 4. The third-order valence-electron chi connectivity index (χ3n) is 11.1. The van der Waals surface area contributed by atoms with Crippen LogP contribution < -0.4 is 0 Å². The summed E-state index contributed by atoms with van der Waals surface area (Å²) < 4.78 is 52.3. The van der Waals surface area contributed by atoms with Crippen LogP contribution in [0.2, 0.25) is 0 Å². The van der Waals surface area contributed by atoms with Crippen molar-refractivity contribution in [3.63, 3.8) is 0 Å². The fraction of sp³-hybridized carbons (Fsp3) is 0.625. The van der Waals surface area contributed by atoms with Gasteiger partial charge in [-0.15, -0.1) is 0 Å². The lowest BCUT2D eigenvalue weighted by Crippen LogP contribution is -2.66. The van der Waals surface area contributed by atoms with Crippen LogP contribution in [0.4, 0.5) is 0 Å². The van der Waals surface area contributed by atoms with Gasteiger partial charge in [-0.3, -0.25) is 0 Å². The Morgan fingerprint density at radius 2 is 1.28 bits per heavy atom. The molecule has 0 aromatic heterocycles. The molecular formula is C40H54O24. The zero-order chi connectivity index (χ0) is 46.6. The summed E-state index contributed by atoms with van der Waals surface area (Å²) in [7, 11) is 0. The van der Waals surface area contributed by atoms with Crippen LogP contribution in [0.25, 0.3) is 6.08 Å². The maximum absolute atomic E-state index is 13.6. The number of carbonyl (C=O) groups is 1. The summed E-state index contributed by atoms with van der Waals surface area (Å²) in [6.45, 7) is -0.978. The Balaban J connectivity index is 1.33. The zero-order valence-corrected chi connectivity index (χ0v) is 34.0. The summed E-state index contributed by atoms with van der Waals surface area (Å²) in [6, 6.07) is 7.62. The van der Waals surface area contributed by atoms with Gasteiger partial charge in [0.05, 0.1) is 32.5 Å². The van der Waals surface area contributed by atoms with Gasteiger partial charge in [-0.25, -0.2) is 4.79 Å². The van der Waals surface area contributed by atoms with E-state index in [0.717, 1.165) is 18.2 Å². The van der Waals surface area contributed by atoms with Crippen molar-refractivity contribution in [2.45, 2.75) is 130 Å². The fourth-order valence-electron chi connectivity index (χ4n) is 7.32. The summed E-state index contributed by atoms with van der Waals surface area (Å²) in [6.07, 6.45) is -30.8. The van der Waals surface area contributed by atoms with Crippen LogP contribution in [0, 0.1) is 0 Å². The van der Waals surface area contributed by atoms with Crippen LogP contribution in [0.15, 0.2) is 42.5 Å². The molecule has 0 amide bonds. The van der Waals surface area contributed by atoms with Gasteiger partial charge in [-0.1, -0.05) is 12.1 Å². The first-order valence-corrected chi connectivity index (χ1v) is 20.2. The SMILES string of the molecule is C[C@@H]1O[C@@H](O[C@@H]2[C@@H](O)[C@H](OCCc3ccc(O)c(O)c3)O[C@H](CO[C@@H]3O[C@H](CO)[C@@H](O)[C@H](O)[C@H]3O)[C@H]2OC(=O)/C=C/c2ccc(O)c(O)c2)[C@H](O[C@@H]2OC[C@H](O)[C@H](O)[C@H]2O)[C@H](O)[C@H]1O. The summed E-state index contributed by atoms with van der Waals surface area (Å²) in [5, 5.41) is 145. The minimum atomic E-state index is -1.97. The average Bonchev–Trinajstić information content (AvgIpc) is 3.26. The average molecular weight is 919 g/mol.